The van der Waals surface area contributed by atoms with Crippen molar-refractivity contribution in [3.05, 3.63) is 53.9 Å². The van der Waals surface area contributed by atoms with Crippen molar-refractivity contribution in [2.45, 2.75) is 19.8 Å². The summed E-state index contributed by atoms with van der Waals surface area (Å²) >= 11 is 0. The minimum Gasteiger partial charge on any atom is -0.476 e. The molecule has 0 atom stereocenters. The number of carbonyl (C=O) groups is 1. The van der Waals surface area contributed by atoms with Crippen LogP contribution in [-0.2, 0) is 6.42 Å². The van der Waals surface area contributed by atoms with E-state index in [1.54, 1.807) is 12.1 Å². The van der Waals surface area contributed by atoms with Crippen molar-refractivity contribution >= 4 is 5.97 Å². The Morgan fingerprint density at radius 2 is 1.94 bits per heavy atom. The lowest BCUT2D eigenvalue weighted by Crippen LogP contribution is -2.02. The summed E-state index contributed by atoms with van der Waals surface area (Å²) in [5.41, 5.74) is 2.91. The number of hydrogen-bond acceptors (Lipinski definition) is 2. The Kier molecular flexibility index (Phi) is 3.72. The van der Waals surface area contributed by atoms with Crippen LogP contribution in [0.15, 0.2) is 42.6 Å². The molecule has 0 aliphatic carbocycles. The molecule has 0 aliphatic rings. The van der Waals surface area contributed by atoms with E-state index in [4.69, 9.17) is 5.11 Å². The molecule has 1 aromatic carbocycles. The van der Waals surface area contributed by atoms with Gasteiger partial charge in [0.2, 0.25) is 0 Å². The summed E-state index contributed by atoms with van der Waals surface area (Å²) in [4.78, 5) is 15.0. The van der Waals surface area contributed by atoms with Gasteiger partial charge < -0.3 is 5.11 Å². The normalized spacial score (nSPS) is 10.3. The molecule has 2 rings (SSSR count). The molecule has 0 radical (unpaired) electrons. The van der Waals surface area contributed by atoms with Gasteiger partial charge in [0, 0.05) is 11.8 Å². The van der Waals surface area contributed by atoms with Gasteiger partial charge in [-0.15, -0.1) is 0 Å². The van der Waals surface area contributed by atoms with Crippen molar-refractivity contribution in [2.24, 2.45) is 0 Å². The highest BCUT2D eigenvalue weighted by Gasteiger charge is 2.12. The fourth-order valence-electron chi connectivity index (χ4n) is 1.95. The van der Waals surface area contributed by atoms with Gasteiger partial charge in [0.25, 0.3) is 0 Å². The quantitative estimate of drug-likeness (QED) is 0.892. The first-order valence-corrected chi connectivity index (χ1v) is 6.00. The molecule has 18 heavy (non-hydrogen) atoms. The molecule has 1 heterocycles. The maximum absolute atomic E-state index is 11.1. The predicted molar refractivity (Wildman–Crippen MR) is 70.6 cm³/mol. The largest absolute Gasteiger partial charge is 0.476 e. The maximum atomic E-state index is 11.1. The van der Waals surface area contributed by atoms with Crippen molar-refractivity contribution in [2.75, 3.05) is 0 Å². The average Bonchev–Trinajstić information content (AvgIpc) is 2.40. The van der Waals surface area contributed by atoms with E-state index in [2.05, 4.69) is 11.9 Å². The highest BCUT2D eigenvalue weighted by atomic mass is 16.4. The van der Waals surface area contributed by atoms with E-state index in [1.165, 1.54) is 11.8 Å². The molecule has 1 aromatic heterocycles. The first kappa shape index (κ1) is 12.3. The molecule has 3 nitrogen and oxygen atoms in total. The zero-order valence-corrected chi connectivity index (χ0v) is 10.3. The topological polar surface area (TPSA) is 50.2 Å². The van der Waals surface area contributed by atoms with Crippen LogP contribution in [0.4, 0.5) is 0 Å². The second-order valence-electron chi connectivity index (χ2n) is 4.15. The van der Waals surface area contributed by atoms with E-state index in [-0.39, 0.29) is 5.69 Å². The average molecular weight is 241 g/mol. The predicted octanol–water partition coefficient (Wildman–Crippen LogP) is 3.40. The molecule has 0 unspecified atom stereocenters. The number of aromatic carboxylic acids is 1. The van der Waals surface area contributed by atoms with Crippen LogP contribution < -0.4 is 0 Å². The molecule has 0 spiro atoms. The highest BCUT2D eigenvalue weighted by Crippen LogP contribution is 2.22. The second-order valence-corrected chi connectivity index (χ2v) is 4.15. The molecule has 0 aliphatic heterocycles. The zero-order valence-electron chi connectivity index (χ0n) is 10.3. The van der Waals surface area contributed by atoms with Crippen LogP contribution in [0.2, 0.25) is 0 Å². The third-order valence-electron chi connectivity index (χ3n) is 2.81. The Balaban J connectivity index is 2.39. The van der Waals surface area contributed by atoms with Gasteiger partial charge in [-0.2, -0.15) is 0 Å². The molecule has 92 valence electrons. The summed E-state index contributed by atoms with van der Waals surface area (Å²) in [5.74, 6) is -0.997. The van der Waals surface area contributed by atoms with E-state index in [9.17, 15) is 4.79 Å². The number of aryl methyl sites for hydroxylation is 1. The molecule has 1 N–H and O–H groups in total. The van der Waals surface area contributed by atoms with E-state index >= 15 is 0 Å². The van der Waals surface area contributed by atoms with Crippen LogP contribution in [0.3, 0.4) is 0 Å². The summed E-state index contributed by atoms with van der Waals surface area (Å²) in [6, 6.07) is 11.5. The number of carboxylic acid groups (broad SMARTS) is 1. The van der Waals surface area contributed by atoms with Gasteiger partial charge >= 0.3 is 5.97 Å². The van der Waals surface area contributed by atoms with E-state index < -0.39 is 5.97 Å². The Morgan fingerprint density at radius 1 is 1.22 bits per heavy atom. The Bertz CT molecular complexity index is 547. The fourth-order valence-corrected chi connectivity index (χ4v) is 1.95. The first-order chi connectivity index (χ1) is 8.72. The number of rotatable bonds is 4. The molecule has 3 heteroatoms. The Hall–Kier alpha value is -2.16. The van der Waals surface area contributed by atoms with Crippen molar-refractivity contribution < 1.29 is 9.90 Å². The standard InChI is InChI=1S/C15H15NO2/c1-2-4-11-6-8-12(9-7-11)13-5-3-10-16-14(13)15(17)18/h3,5-10H,2,4H2,1H3,(H,17,18). The van der Waals surface area contributed by atoms with Crippen LogP contribution in [0, 0.1) is 0 Å². The number of nitrogens with zero attached hydrogens (tertiary/aromatic N) is 1. The van der Waals surface area contributed by atoms with Gasteiger partial charge in [-0.3, -0.25) is 0 Å². The molecule has 0 bridgehead atoms. The lowest BCUT2D eigenvalue weighted by atomic mass is 10.0. The lowest BCUT2D eigenvalue weighted by Gasteiger charge is -2.06. The first-order valence-electron chi connectivity index (χ1n) is 6.00. The van der Waals surface area contributed by atoms with Crippen molar-refractivity contribution in [1.29, 1.82) is 0 Å². The summed E-state index contributed by atoms with van der Waals surface area (Å²) in [5, 5.41) is 9.10. The lowest BCUT2D eigenvalue weighted by molar-refractivity contribution is 0.0691. The van der Waals surface area contributed by atoms with Crippen molar-refractivity contribution in [3.63, 3.8) is 0 Å². The molecule has 0 saturated carbocycles. The zero-order chi connectivity index (χ0) is 13.0. The fraction of sp³-hybridized carbons (Fsp3) is 0.200. The summed E-state index contributed by atoms with van der Waals surface area (Å²) in [6.45, 7) is 2.14. The number of hydrogen-bond donors (Lipinski definition) is 1. The van der Waals surface area contributed by atoms with E-state index in [0.29, 0.717) is 5.56 Å². The van der Waals surface area contributed by atoms with Gasteiger partial charge in [0.15, 0.2) is 5.69 Å². The summed E-state index contributed by atoms with van der Waals surface area (Å²) in [6.07, 6.45) is 3.64. The van der Waals surface area contributed by atoms with Gasteiger partial charge in [0.1, 0.15) is 0 Å². The molecule has 2 aromatic rings. The number of benzene rings is 1. The van der Waals surface area contributed by atoms with E-state index in [1.807, 2.05) is 24.3 Å². The second kappa shape index (κ2) is 5.45. The number of carboxylic acids is 1. The van der Waals surface area contributed by atoms with Crippen LogP contribution in [0.5, 0.6) is 0 Å². The third-order valence-corrected chi connectivity index (χ3v) is 2.81. The minimum absolute atomic E-state index is 0.0979. The summed E-state index contributed by atoms with van der Waals surface area (Å²) < 4.78 is 0. The van der Waals surface area contributed by atoms with Crippen LogP contribution in [0.1, 0.15) is 29.4 Å². The van der Waals surface area contributed by atoms with Crippen LogP contribution in [-0.4, -0.2) is 16.1 Å². The third kappa shape index (κ3) is 2.56. The number of aromatic nitrogens is 1. The molecule has 0 saturated heterocycles. The summed E-state index contributed by atoms with van der Waals surface area (Å²) in [7, 11) is 0. The molecular formula is C15H15NO2. The van der Waals surface area contributed by atoms with E-state index in [0.717, 1.165) is 18.4 Å². The van der Waals surface area contributed by atoms with Gasteiger partial charge in [-0.25, -0.2) is 9.78 Å². The maximum Gasteiger partial charge on any atom is 0.355 e. The number of pyridine rings is 1. The van der Waals surface area contributed by atoms with Crippen LogP contribution >= 0.6 is 0 Å². The molecule has 0 fully saturated rings. The SMILES string of the molecule is CCCc1ccc(-c2cccnc2C(=O)O)cc1. The van der Waals surface area contributed by atoms with Gasteiger partial charge in [0.05, 0.1) is 0 Å². The van der Waals surface area contributed by atoms with Crippen molar-refractivity contribution in [3.8, 4) is 11.1 Å². The van der Waals surface area contributed by atoms with Crippen LogP contribution in [0.25, 0.3) is 11.1 Å². The smallest absolute Gasteiger partial charge is 0.355 e. The monoisotopic (exact) mass is 241 g/mol. The molecular weight excluding hydrogens is 226 g/mol. The minimum atomic E-state index is -0.997. The van der Waals surface area contributed by atoms with Gasteiger partial charge in [-0.1, -0.05) is 43.7 Å². The Labute approximate surface area is 106 Å². The van der Waals surface area contributed by atoms with Crippen molar-refractivity contribution in [1.82, 2.24) is 4.98 Å². The molecule has 0 amide bonds. The Morgan fingerprint density at radius 3 is 2.56 bits per heavy atom. The van der Waals surface area contributed by atoms with Gasteiger partial charge in [-0.05, 0) is 23.6 Å². The highest BCUT2D eigenvalue weighted by molar-refractivity contribution is 5.93.